The number of fused-ring (bicyclic) bond motifs is 3. The minimum absolute atomic E-state index is 0.00216. The summed E-state index contributed by atoms with van der Waals surface area (Å²) in [6.07, 6.45) is 4.00. The van der Waals surface area contributed by atoms with Crippen LogP contribution in [0.2, 0.25) is 0 Å². The molecule has 0 aliphatic heterocycles. The maximum absolute atomic E-state index is 12.7. The first-order valence-electron chi connectivity index (χ1n) is 10.8. The normalized spacial score (nSPS) is 24.0. The van der Waals surface area contributed by atoms with Gasteiger partial charge in [0.15, 0.2) is 0 Å². The van der Waals surface area contributed by atoms with E-state index in [0.717, 1.165) is 29.1 Å². The van der Waals surface area contributed by atoms with Gasteiger partial charge in [0, 0.05) is 32.5 Å². The van der Waals surface area contributed by atoms with Gasteiger partial charge in [0.05, 0.1) is 21.8 Å². The second-order valence-corrected chi connectivity index (χ2v) is 10.9. The van der Waals surface area contributed by atoms with Crippen LogP contribution in [0, 0.1) is 17.8 Å². The third kappa shape index (κ3) is 4.01. The average Bonchev–Trinajstić information content (AvgIpc) is 3.08. The van der Waals surface area contributed by atoms with Crippen LogP contribution in [0.1, 0.15) is 44.9 Å². The average molecular weight is 448 g/mol. The van der Waals surface area contributed by atoms with Crippen molar-refractivity contribution < 1.29 is 22.7 Å². The second-order valence-electron chi connectivity index (χ2n) is 8.71. The summed E-state index contributed by atoms with van der Waals surface area (Å²) in [4.78, 5) is 29.7. The smallest absolute Gasteiger partial charge is 0.309 e. The van der Waals surface area contributed by atoms with Crippen molar-refractivity contribution in [2.75, 3.05) is 14.1 Å². The molecule has 1 aromatic carbocycles. The standard InChI is InChI=1S/C22H29N3O5S/c1-4-25-19-9-8-17(31(28,29)24(2)3)12-18(19)23-20(25)13-30-22(27)16-10-14-6-5-7-15(11-16)21(14)26/h8-9,12,14-16H,4-7,10-11,13H2,1-3H3/t14-,15-/m1/s1. The number of sulfonamides is 1. The Morgan fingerprint density at radius 1 is 1.23 bits per heavy atom. The van der Waals surface area contributed by atoms with Crippen molar-refractivity contribution in [3.05, 3.63) is 24.0 Å². The lowest BCUT2D eigenvalue weighted by Gasteiger charge is -2.36. The number of nitrogens with zero attached hydrogens (tertiary/aromatic N) is 3. The largest absolute Gasteiger partial charge is 0.457 e. The third-order valence-electron chi connectivity index (χ3n) is 6.62. The van der Waals surface area contributed by atoms with Gasteiger partial charge in [-0.1, -0.05) is 6.42 Å². The quantitative estimate of drug-likeness (QED) is 0.632. The molecule has 0 amide bonds. The lowest BCUT2D eigenvalue weighted by Crippen LogP contribution is -2.39. The number of benzene rings is 1. The molecule has 168 valence electrons. The summed E-state index contributed by atoms with van der Waals surface area (Å²) < 4.78 is 33.6. The van der Waals surface area contributed by atoms with Crippen LogP contribution in [0.4, 0.5) is 0 Å². The monoisotopic (exact) mass is 447 g/mol. The number of Topliss-reactive ketones (excluding diaryl/α,β-unsaturated/α-hetero) is 1. The van der Waals surface area contributed by atoms with Crippen LogP contribution in [0.15, 0.2) is 23.1 Å². The maximum atomic E-state index is 12.7. The van der Waals surface area contributed by atoms with E-state index in [-0.39, 0.29) is 35.2 Å². The topological polar surface area (TPSA) is 98.6 Å². The Bertz CT molecular complexity index is 1110. The molecule has 8 nitrogen and oxygen atoms in total. The Kier molecular flexibility index (Phi) is 5.91. The Morgan fingerprint density at radius 3 is 2.52 bits per heavy atom. The number of ether oxygens (including phenoxy) is 1. The first-order valence-corrected chi connectivity index (χ1v) is 12.3. The van der Waals surface area contributed by atoms with E-state index in [1.807, 2.05) is 11.5 Å². The lowest BCUT2D eigenvalue weighted by atomic mass is 9.67. The Morgan fingerprint density at radius 2 is 1.90 bits per heavy atom. The fourth-order valence-electron chi connectivity index (χ4n) is 4.92. The van der Waals surface area contributed by atoms with Gasteiger partial charge in [-0.15, -0.1) is 0 Å². The molecule has 0 radical (unpaired) electrons. The maximum Gasteiger partial charge on any atom is 0.309 e. The van der Waals surface area contributed by atoms with Crippen LogP contribution >= 0.6 is 0 Å². The van der Waals surface area contributed by atoms with Crippen molar-refractivity contribution in [1.82, 2.24) is 13.9 Å². The van der Waals surface area contributed by atoms with Gasteiger partial charge < -0.3 is 9.30 Å². The summed E-state index contributed by atoms with van der Waals surface area (Å²) in [5.74, 6) is 0.410. The molecule has 2 fully saturated rings. The summed E-state index contributed by atoms with van der Waals surface area (Å²) in [5, 5.41) is 0. The summed E-state index contributed by atoms with van der Waals surface area (Å²) in [7, 11) is -0.584. The SMILES string of the molecule is CCn1c(COC(=O)C2C[C@H]3CCC[C@H](C2)C3=O)nc2cc(S(=O)(=O)N(C)C)ccc21. The van der Waals surface area contributed by atoms with Crippen LogP contribution in [-0.2, 0) is 37.5 Å². The molecule has 2 bridgehead atoms. The minimum Gasteiger partial charge on any atom is -0.457 e. The number of hydrogen-bond donors (Lipinski definition) is 0. The molecule has 1 heterocycles. The molecule has 2 aliphatic rings. The second kappa shape index (κ2) is 8.35. The van der Waals surface area contributed by atoms with E-state index in [9.17, 15) is 18.0 Å². The lowest BCUT2D eigenvalue weighted by molar-refractivity contribution is -0.155. The molecule has 2 saturated carbocycles. The minimum atomic E-state index is -3.56. The summed E-state index contributed by atoms with van der Waals surface area (Å²) in [6.45, 7) is 2.60. The molecule has 1 aromatic heterocycles. The van der Waals surface area contributed by atoms with Crippen LogP contribution < -0.4 is 0 Å². The highest BCUT2D eigenvalue weighted by Gasteiger charge is 2.41. The van der Waals surface area contributed by atoms with Gasteiger partial charge in [-0.25, -0.2) is 17.7 Å². The van der Waals surface area contributed by atoms with Crippen molar-refractivity contribution in [2.45, 2.75) is 57.1 Å². The molecule has 0 N–H and O–H groups in total. The molecule has 9 heteroatoms. The molecule has 31 heavy (non-hydrogen) atoms. The fraction of sp³-hybridized carbons (Fsp3) is 0.591. The van der Waals surface area contributed by atoms with Crippen molar-refractivity contribution >= 4 is 32.8 Å². The first kappa shape index (κ1) is 22.0. The van der Waals surface area contributed by atoms with E-state index in [0.29, 0.717) is 36.5 Å². The Balaban J connectivity index is 1.51. The van der Waals surface area contributed by atoms with E-state index < -0.39 is 10.0 Å². The van der Waals surface area contributed by atoms with Crippen LogP contribution in [0.3, 0.4) is 0 Å². The van der Waals surface area contributed by atoms with Crippen molar-refractivity contribution in [3.63, 3.8) is 0 Å². The highest BCUT2D eigenvalue weighted by atomic mass is 32.2. The van der Waals surface area contributed by atoms with Gasteiger partial charge in [-0.2, -0.15) is 0 Å². The van der Waals surface area contributed by atoms with Crippen LogP contribution in [0.5, 0.6) is 0 Å². The van der Waals surface area contributed by atoms with Crippen molar-refractivity contribution in [1.29, 1.82) is 0 Å². The predicted molar refractivity (Wildman–Crippen MR) is 115 cm³/mol. The van der Waals surface area contributed by atoms with Gasteiger partial charge in [0.1, 0.15) is 18.2 Å². The van der Waals surface area contributed by atoms with Crippen molar-refractivity contribution in [2.24, 2.45) is 17.8 Å². The molecule has 2 aliphatic carbocycles. The number of carbonyl (C=O) groups excluding carboxylic acids is 2. The van der Waals surface area contributed by atoms with Gasteiger partial charge >= 0.3 is 5.97 Å². The zero-order valence-electron chi connectivity index (χ0n) is 18.2. The number of aryl methyl sites for hydroxylation is 1. The fourth-order valence-corrected chi connectivity index (χ4v) is 5.84. The highest BCUT2D eigenvalue weighted by Crippen LogP contribution is 2.40. The molecule has 0 unspecified atom stereocenters. The molecule has 0 saturated heterocycles. The van der Waals surface area contributed by atoms with Gasteiger partial charge in [0.25, 0.3) is 0 Å². The van der Waals surface area contributed by atoms with Gasteiger partial charge in [-0.05, 0) is 50.8 Å². The first-order chi connectivity index (χ1) is 14.7. The number of hydrogen-bond acceptors (Lipinski definition) is 6. The third-order valence-corrected chi connectivity index (χ3v) is 8.43. The molecular weight excluding hydrogens is 418 g/mol. The van der Waals surface area contributed by atoms with E-state index in [2.05, 4.69) is 4.98 Å². The number of rotatable bonds is 6. The molecule has 2 aromatic rings. The Hall–Kier alpha value is -2.26. The zero-order chi connectivity index (χ0) is 22.3. The number of aromatic nitrogens is 2. The predicted octanol–water partition coefficient (Wildman–Crippen LogP) is 2.75. The summed E-state index contributed by atoms with van der Waals surface area (Å²) >= 11 is 0. The number of imidazole rings is 1. The molecular formula is C22H29N3O5S. The van der Waals surface area contributed by atoms with Crippen LogP contribution in [0.25, 0.3) is 11.0 Å². The molecule has 2 atom stereocenters. The van der Waals surface area contributed by atoms with E-state index >= 15 is 0 Å². The number of carbonyl (C=O) groups is 2. The van der Waals surface area contributed by atoms with E-state index in [4.69, 9.17) is 4.74 Å². The van der Waals surface area contributed by atoms with E-state index in [1.54, 1.807) is 18.2 Å². The molecule has 4 rings (SSSR count). The highest BCUT2D eigenvalue weighted by molar-refractivity contribution is 7.89. The molecule has 0 spiro atoms. The van der Waals surface area contributed by atoms with E-state index in [1.165, 1.54) is 14.1 Å². The summed E-state index contributed by atoms with van der Waals surface area (Å²) in [5.41, 5.74) is 1.35. The zero-order valence-corrected chi connectivity index (χ0v) is 19.0. The number of esters is 1. The van der Waals surface area contributed by atoms with Gasteiger partial charge in [-0.3, -0.25) is 9.59 Å². The summed E-state index contributed by atoms with van der Waals surface area (Å²) in [6, 6.07) is 4.86. The van der Waals surface area contributed by atoms with Gasteiger partial charge in [0.2, 0.25) is 10.0 Å². The number of ketones is 1. The Labute approximate surface area is 182 Å². The van der Waals surface area contributed by atoms with Crippen molar-refractivity contribution in [3.8, 4) is 0 Å². The van der Waals surface area contributed by atoms with Crippen LogP contribution in [-0.4, -0.2) is 48.1 Å².